The molecule has 9 heteroatoms. The SMILES string of the molecule is CCOc1ccc(S(=O)(=O)N(CC(=O)NCCOc2ccc(C)cc2C)c2ccc(F)cc2)cc1. The number of carbonyl (C=O) groups excluding carboxylic acids is 1. The molecule has 1 N–H and O–H groups in total. The van der Waals surface area contributed by atoms with Gasteiger partial charge in [-0.05, 0) is 80.9 Å². The predicted octanol–water partition coefficient (Wildman–Crippen LogP) is 4.23. The Morgan fingerprint density at radius 1 is 0.971 bits per heavy atom. The van der Waals surface area contributed by atoms with Crippen molar-refractivity contribution in [3.8, 4) is 11.5 Å². The molecule has 3 rings (SSSR count). The predicted molar refractivity (Wildman–Crippen MR) is 133 cm³/mol. The highest BCUT2D eigenvalue weighted by Gasteiger charge is 2.27. The lowest BCUT2D eigenvalue weighted by molar-refractivity contribution is -0.119. The summed E-state index contributed by atoms with van der Waals surface area (Å²) in [7, 11) is -4.11. The van der Waals surface area contributed by atoms with Crippen LogP contribution in [0.4, 0.5) is 10.1 Å². The zero-order chi connectivity index (χ0) is 25.4. The fourth-order valence-corrected chi connectivity index (χ4v) is 4.84. The van der Waals surface area contributed by atoms with Gasteiger partial charge in [0.2, 0.25) is 5.91 Å². The van der Waals surface area contributed by atoms with Crippen LogP contribution in [0.2, 0.25) is 0 Å². The van der Waals surface area contributed by atoms with Crippen molar-refractivity contribution < 1.29 is 27.1 Å². The van der Waals surface area contributed by atoms with Gasteiger partial charge in [-0.25, -0.2) is 12.8 Å². The Morgan fingerprint density at radius 2 is 1.66 bits per heavy atom. The Labute approximate surface area is 205 Å². The first-order valence-electron chi connectivity index (χ1n) is 11.2. The number of benzene rings is 3. The number of hydrogen-bond acceptors (Lipinski definition) is 5. The van der Waals surface area contributed by atoms with Crippen molar-refractivity contribution in [3.63, 3.8) is 0 Å². The summed E-state index contributed by atoms with van der Waals surface area (Å²) < 4.78 is 52.3. The summed E-state index contributed by atoms with van der Waals surface area (Å²) in [4.78, 5) is 12.6. The lowest BCUT2D eigenvalue weighted by Gasteiger charge is -2.24. The van der Waals surface area contributed by atoms with Crippen LogP contribution in [0.1, 0.15) is 18.1 Å². The molecule has 3 aromatic rings. The molecule has 7 nitrogen and oxygen atoms in total. The van der Waals surface area contributed by atoms with E-state index in [-0.39, 0.29) is 23.7 Å². The fourth-order valence-electron chi connectivity index (χ4n) is 3.42. The van der Waals surface area contributed by atoms with Crippen molar-refractivity contribution >= 4 is 21.6 Å². The first kappa shape index (κ1) is 26.0. The molecule has 3 aromatic carbocycles. The standard InChI is InChI=1S/C26H29FN2O5S/c1-4-33-23-10-12-24(13-11-23)35(31,32)29(22-8-6-21(27)7-9-22)18-26(30)28-15-16-34-25-14-5-19(2)17-20(25)3/h5-14,17H,4,15-16,18H2,1-3H3,(H,28,30). The lowest BCUT2D eigenvalue weighted by atomic mass is 10.1. The zero-order valence-corrected chi connectivity index (χ0v) is 20.8. The van der Waals surface area contributed by atoms with E-state index in [1.807, 2.05) is 39.0 Å². The highest BCUT2D eigenvalue weighted by Crippen LogP contribution is 2.25. The molecule has 0 heterocycles. The molecule has 0 spiro atoms. The molecule has 0 aliphatic rings. The number of halogens is 1. The second-order valence-corrected chi connectivity index (χ2v) is 9.72. The van der Waals surface area contributed by atoms with E-state index in [9.17, 15) is 17.6 Å². The van der Waals surface area contributed by atoms with Gasteiger partial charge in [-0.15, -0.1) is 0 Å². The van der Waals surface area contributed by atoms with Gasteiger partial charge in [0.05, 0.1) is 23.7 Å². The van der Waals surface area contributed by atoms with E-state index < -0.39 is 28.3 Å². The van der Waals surface area contributed by atoms with E-state index >= 15 is 0 Å². The quantitative estimate of drug-likeness (QED) is 0.398. The molecule has 1 amide bonds. The average molecular weight is 501 g/mol. The van der Waals surface area contributed by atoms with Crippen molar-refractivity contribution in [3.05, 3.63) is 83.7 Å². The van der Waals surface area contributed by atoms with E-state index in [1.54, 1.807) is 12.1 Å². The zero-order valence-electron chi connectivity index (χ0n) is 20.0. The van der Waals surface area contributed by atoms with Gasteiger partial charge < -0.3 is 14.8 Å². The minimum Gasteiger partial charge on any atom is -0.494 e. The van der Waals surface area contributed by atoms with Gasteiger partial charge in [0.25, 0.3) is 10.0 Å². The number of anilines is 1. The van der Waals surface area contributed by atoms with Crippen LogP contribution in [-0.2, 0) is 14.8 Å². The van der Waals surface area contributed by atoms with Gasteiger partial charge in [0, 0.05) is 0 Å². The van der Waals surface area contributed by atoms with Crippen LogP contribution in [0, 0.1) is 19.7 Å². The topological polar surface area (TPSA) is 84.9 Å². The molecule has 35 heavy (non-hydrogen) atoms. The fraction of sp³-hybridized carbons (Fsp3) is 0.269. The average Bonchev–Trinajstić information content (AvgIpc) is 2.82. The number of rotatable bonds is 11. The highest BCUT2D eigenvalue weighted by molar-refractivity contribution is 7.92. The van der Waals surface area contributed by atoms with Crippen LogP contribution in [0.15, 0.2) is 71.6 Å². The Bertz CT molecular complexity index is 1250. The second-order valence-electron chi connectivity index (χ2n) is 7.86. The third-order valence-corrected chi connectivity index (χ3v) is 6.92. The summed E-state index contributed by atoms with van der Waals surface area (Å²) in [5.41, 5.74) is 2.28. The highest BCUT2D eigenvalue weighted by atomic mass is 32.2. The van der Waals surface area contributed by atoms with Crippen molar-refractivity contribution in [1.82, 2.24) is 5.32 Å². The third kappa shape index (κ3) is 6.95. The second kappa shape index (κ2) is 11.7. The summed E-state index contributed by atoms with van der Waals surface area (Å²) in [6.45, 7) is 6.13. The monoisotopic (exact) mass is 500 g/mol. The van der Waals surface area contributed by atoms with Gasteiger partial charge in [0.1, 0.15) is 30.5 Å². The number of aryl methyl sites for hydroxylation is 2. The molecule has 0 aromatic heterocycles. The number of hydrogen-bond donors (Lipinski definition) is 1. The molecule has 0 aliphatic carbocycles. The number of nitrogens with zero attached hydrogens (tertiary/aromatic N) is 1. The van der Waals surface area contributed by atoms with Crippen LogP contribution in [0.5, 0.6) is 11.5 Å². The Morgan fingerprint density at radius 3 is 2.29 bits per heavy atom. The van der Waals surface area contributed by atoms with E-state index in [0.717, 1.165) is 33.3 Å². The van der Waals surface area contributed by atoms with Crippen molar-refractivity contribution in [2.45, 2.75) is 25.7 Å². The number of carbonyl (C=O) groups is 1. The molecule has 0 fully saturated rings. The first-order valence-corrected chi connectivity index (χ1v) is 12.6. The summed E-state index contributed by atoms with van der Waals surface area (Å²) >= 11 is 0. The normalized spacial score (nSPS) is 11.1. The maximum Gasteiger partial charge on any atom is 0.264 e. The molecule has 0 saturated carbocycles. The van der Waals surface area contributed by atoms with Crippen LogP contribution >= 0.6 is 0 Å². The molecule has 0 saturated heterocycles. The number of amides is 1. The van der Waals surface area contributed by atoms with E-state index in [0.29, 0.717) is 12.4 Å². The molecule has 186 valence electrons. The molecule has 0 radical (unpaired) electrons. The molecule has 0 atom stereocenters. The van der Waals surface area contributed by atoms with Gasteiger partial charge in [0.15, 0.2) is 0 Å². The van der Waals surface area contributed by atoms with Crippen molar-refractivity contribution in [2.75, 3.05) is 30.6 Å². The number of sulfonamides is 1. The van der Waals surface area contributed by atoms with E-state index in [4.69, 9.17) is 9.47 Å². The van der Waals surface area contributed by atoms with Crippen molar-refractivity contribution in [1.29, 1.82) is 0 Å². The van der Waals surface area contributed by atoms with Crippen LogP contribution < -0.4 is 19.1 Å². The molecule has 0 bridgehead atoms. The van der Waals surface area contributed by atoms with Gasteiger partial charge >= 0.3 is 0 Å². The minimum absolute atomic E-state index is 0.0174. The van der Waals surface area contributed by atoms with Crippen LogP contribution in [0.3, 0.4) is 0 Å². The van der Waals surface area contributed by atoms with Crippen molar-refractivity contribution in [2.24, 2.45) is 0 Å². The Balaban J connectivity index is 1.71. The van der Waals surface area contributed by atoms with Gasteiger partial charge in [-0.3, -0.25) is 9.10 Å². The Hall–Kier alpha value is -3.59. The maximum atomic E-state index is 13.5. The third-order valence-electron chi connectivity index (χ3n) is 5.14. The molecular weight excluding hydrogens is 471 g/mol. The lowest BCUT2D eigenvalue weighted by Crippen LogP contribution is -2.41. The first-order chi connectivity index (χ1) is 16.7. The van der Waals surface area contributed by atoms with Gasteiger partial charge in [-0.1, -0.05) is 17.7 Å². The molecule has 0 unspecified atom stereocenters. The van der Waals surface area contributed by atoms with E-state index in [2.05, 4.69) is 5.32 Å². The maximum absolute atomic E-state index is 13.5. The minimum atomic E-state index is -4.11. The number of nitrogens with one attached hydrogen (secondary N) is 1. The van der Waals surface area contributed by atoms with E-state index in [1.165, 1.54) is 24.3 Å². The summed E-state index contributed by atoms with van der Waals surface area (Å²) in [5, 5.41) is 2.68. The Kier molecular flexibility index (Phi) is 8.70. The summed E-state index contributed by atoms with van der Waals surface area (Å²) in [5.74, 6) is 0.213. The van der Waals surface area contributed by atoms with Crippen LogP contribution in [0.25, 0.3) is 0 Å². The van der Waals surface area contributed by atoms with Gasteiger partial charge in [-0.2, -0.15) is 0 Å². The summed E-state index contributed by atoms with van der Waals surface area (Å²) in [6.07, 6.45) is 0. The smallest absolute Gasteiger partial charge is 0.264 e. The molecule has 0 aliphatic heterocycles. The molecular formula is C26H29FN2O5S. The largest absolute Gasteiger partial charge is 0.494 e. The van der Waals surface area contributed by atoms with Crippen LogP contribution in [-0.4, -0.2) is 40.6 Å². The summed E-state index contributed by atoms with van der Waals surface area (Å²) in [6, 6.07) is 16.6. The number of ether oxygens (including phenoxy) is 2.